The van der Waals surface area contributed by atoms with E-state index in [-0.39, 0.29) is 25.5 Å². The van der Waals surface area contributed by atoms with Gasteiger partial charge in [0.15, 0.2) is 0 Å². The second-order valence-corrected chi connectivity index (χ2v) is 20.0. The molecule has 0 aliphatic heterocycles. The number of pyridine rings is 3. The van der Waals surface area contributed by atoms with Gasteiger partial charge in [0, 0.05) is 18.1 Å². The Labute approximate surface area is 443 Å². The molecule has 0 spiro atoms. The maximum Gasteiger partial charge on any atom is 3.00 e. The number of hydrogen-bond acceptors (Lipinski definition) is 3. The summed E-state index contributed by atoms with van der Waals surface area (Å²) in [6.45, 7) is 6.70. The molecule has 0 saturated heterocycles. The van der Waals surface area contributed by atoms with Crippen LogP contribution in [-0.4, -0.2) is 15.0 Å². The maximum atomic E-state index is 5.10. The number of benzene rings is 8. The van der Waals surface area contributed by atoms with Crippen LogP contribution >= 0.6 is 0 Å². The Morgan fingerprint density at radius 1 is 0.411 bits per heavy atom. The van der Waals surface area contributed by atoms with Crippen molar-refractivity contribution in [2.45, 2.75) is 51.9 Å². The first-order chi connectivity index (χ1) is 35.3. The van der Waals surface area contributed by atoms with Crippen LogP contribution in [0, 0.1) is 18.2 Å². The average molecular weight is 1120 g/mol. The molecule has 3 nitrogen and oxygen atoms in total. The number of aryl methyl sites for hydroxylation is 2. The molecule has 3 heterocycles. The van der Waals surface area contributed by atoms with E-state index in [1.807, 2.05) is 12.4 Å². The van der Waals surface area contributed by atoms with E-state index in [1.54, 1.807) is 0 Å². The quantitative estimate of drug-likeness (QED) is 0.135. The van der Waals surface area contributed by atoms with Crippen LogP contribution < -0.4 is 0 Å². The first kappa shape index (κ1) is 47.4. The van der Waals surface area contributed by atoms with Crippen molar-refractivity contribution in [3.63, 3.8) is 0 Å². The van der Waals surface area contributed by atoms with E-state index in [1.165, 1.54) is 29.7 Å². The van der Waals surface area contributed by atoms with Crippen molar-refractivity contribution in [2.24, 2.45) is 0 Å². The number of aromatic nitrogens is 3. The van der Waals surface area contributed by atoms with Gasteiger partial charge in [0.25, 0.3) is 0 Å². The number of nitrogens with zero attached hydrogens (tertiary/aromatic N) is 3. The van der Waals surface area contributed by atoms with Gasteiger partial charge in [0.1, 0.15) is 0 Å². The van der Waals surface area contributed by atoms with Crippen molar-refractivity contribution in [3.8, 4) is 101 Å². The van der Waals surface area contributed by atoms with Crippen LogP contribution in [0.25, 0.3) is 111 Å². The van der Waals surface area contributed by atoms with Crippen molar-refractivity contribution in [2.75, 3.05) is 0 Å². The standard InChI is InChI=1S/C69H52N3.Ir/c1-69(2,3)57-39-41-70-67(45-57)52-32-26-48(27-33-52)59-17-8-11-20-62(59)55-42-54(61-19-10-7-16-58(61)47-24-30-51(31-25-47)66-37-36-50-15-5-13-23-65(50)72-66)43-56(44-55)63-21-12-9-18-60(63)49-28-34-53(35-29-49)68-64-22-6-4-14-46(64)38-40-71-68;/h4,6-12,14,16-22,24-30,32,34,36-45H,5,13,15,23H2,1-3H3;/q-3;+3. The fourth-order valence-corrected chi connectivity index (χ4v) is 10.4. The second-order valence-electron chi connectivity index (χ2n) is 20.0. The predicted octanol–water partition coefficient (Wildman–Crippen LogP) is 17.6. The van der Waals surface area contributed by atoms with Crippen molar-refractivity contribution in [1.29, 1.82) is 0 Å². The van der Waals surface area contributed by atoms with Crippen LogP contribution in [0.3, 0.4) is 0 Å². The van der Waals surface area contributed by atoms with Gasteiger partial charge in [-0.2, -0.15) is 0 Å². The minimum Gasteiger partial charge on any atom is -0.305 e. The molecule has 1 aliphatic rings. The van der Waals surface area contributed by atoms with Crippen LogP contribution in [0.4, 0.5) is 0 Å². The normalized spacial score (nSPS) is 12.3. The third-order valence-corrected chi connectivity index (χ3v) is 14.3. The van der Waals surface area contributed by atoms with Gasteiger partial charge >= 0.3 is 20.1 Å². The molecule has 0 saturated carbocycles. The molecule has 0 radical (unpaired) electrons. The van der Waals surface area contributed by atoms with E-state index < -0.39 is 0 Å². The summed E-state index contributed by atoms with van der Waals surface area (Å²) in [5, 5.41) is 2.28. The van der Waals surface area contributed by atoms with Gasteiger partial charge in [-0.25, -0.2) is 0 Å². The largest absolute Gasteiger partial charge is 3.00 e. The Morgan fingerprint density at radius 2 is 0.890 bits per heavy atom. The molecular formula is C69H52IrN3. The van der Waals surface area contributed by atoms with Gasteiger partial charge in [-0.05, 0) is 134 Å². The van der Waals surface area contributed by atoms with Gasteiger partial charge in [0.05, 0.1) is 0 Å². The van der Waals surface area contributed by atoms with Gasteiger partial charge < -0.3 is 15.0 Å². The molecular weight excluding hydrogens is 1060 g/mol. The van der Waals surface area contributed by atoms with Crippen molar-refractivity contribution < 1.29 is 20.1 Å². The monoisotopic (exact) mass is 1120 g/mol. The maximum absolute atomic E-state index is 5.10. The summed E-state index contributed by atoms with van der Waals surface area (Å²) in [5.41, 5.74) is 23.2. The Hall–Kier alpha value is -7.88. The Kier molecular flexibility index (Phi) is 13.2. The van der Waals surface area contributed by atoms with Gasteiger partial charge in [-0.1, -0.05) is 169 Å². The zero-order chi connectivity index (χ0) is 48.6. The zero-order valence-corrected chi connectivity index (χ0v) is 43.6. The summed E-state index contributed by atoms with van der Waals surface area (Å²) in [6.07, 6.45) is 8.41. The molecule has 3 aromatic heterocycles. The fourth-order valence-electron chi connectivity index (χ4n) is 10.4. The number of fused-ring (bicyclic) bond motifs is 2. The molecule has 4 heteroatoms. The molecule has 0 bridgehead atoms. The summed E-state index contributed by atoms with van der Waals surface area (Å²) in [4.78, 5) is 14.6. The predicted molar refractivity (Wildman–Crippen MR) is 298 cm³/mol. The molecule has 8 aromatic carbocycles. The third kappa shape index (κ3) is 9.65. The van der Waals surface area contributed by atoms with E-state index >= 15 is 0 Å². The first-order valence-corrected chi connectivity index (χ1v) is 25.1. The molecule has 11 aromatic rings. The Bertz CT molecular complexity index is 3770. The molecule has 0 N–H and O–H groups in total. The molecule has 0 unspecified atom stereocenters. The van der Waals surface area contributed by atoms with Crippen molar-refractivity contribution in [3.05, 3.63) is 248 Å². The molecule has 0 amide bonds. The van der Waals surface area contributed by atoms with E-state index in [0.29, 0.717) is 0 Å². The Balaban J connectivity index is 0.00000574. The molecule has 352 valence electrons. The summed E-state index contributed by atoms with van der Waals surface area (Å²) < 4.78 is 0. The Morgan fingerprint density at radius 3 is 1.42 bits per heavy atom. The summed E-state index contributed by atoms with van der Waals surface area (Å²) >= 11 is 0. The zero-order valence-electron chi connectivity index (χ0n) is 41.2. The molecule has 12 rings (SSSR count). The minimum absolute atomic E-state index is 0. The molecule has 0 atom stereocenters. The molecule has 0 fully saturated rings. The summed E-state index contributed by atoms with van der Waals surface area (Å²) in [5.74, 6) is 0. The summed E-state index contributed by atoms with van der Waals surface area (Å²) in [6, 6.07) is 82.9. The average Bonchev–Trinajstić information content (AvgIpc) is 3.44. The first-order valence-electron chi connectivity index (χ1n) is 25.1. The van der Waals surface area contributed by atoms with Crippen LogP contribution in [-0.2, 0) is 38.4 Å². The van der Waals surface area contributed by atoms with Crippen LogP contribution in [0.15, 0.2) is 213 Å². The fraction of sp³-hybridized carbons (Fsp3) is 0.116. The van der Waals surface area contributed by atoms with Crippen LogP contribution in [0.1, 0.15) is 50.4 Å². The number of hydrogen-bond donors (Lipinski definition) is 0. The van der Waals surface area contributed by atoms with E-state index in [4.69, 9.17) is 15.0 Å². The van der Waals surface area contributed by atoms with Gasteiger partial charge in [0.2, 0.25) is 0 Å². The smallest absolute Gasteiger partial charge is 0.305 e. The third-order valence-electron chi connectivity index (χ3n) is 14.3. The molecule has 73 heavy (non-hydrogen) atoms. The van der Waals surface area contributed by atoms with Crippen LogP contribution in [0.5, 0.6) is 0 Å². The summed E-state index contributed by atoms with van der Waals surface area (Å²) in [7, 11) is 0. The van der Waals surface area contributed by atoms with Crippen molar-refractivity contribution >= 4 is 10.8 Å². The molecule has 1 aliphatic carbocycles. The van der Waals surface area contributed by atoms with Crippen LogP contribution in [0.2, 0.25) is 0 Å². The van der Waals surface area contributed by atoms with E-state index in [9.17, 15) is 0 Å². The van der Waals surface area contributed by atoms with E-state index in [0.717, 1.165) is 124 Å². The van der Waals surface area contributed by atoms with E-state index in [2.05, 4.69) is 239 Å². The SMILES string of the molecule is CC(C)(C)c1ccnc(-c2[c-]cc(-c3ccccc3-c3cc(-c4ccccc4-c4c[c-]c(-c5ccc6c(n5)CCCC6)cc4)cc(-c4ccccc4-c4c[c-]c(-c5nccc6ccccc56)cc4)c3)cc2)c1.[Ir+3]. The minimum atomic E-state index is 0. The van der Waals surface area contributed by atoms with Gasteiger partial charge in [-0.15, -0.1) is 89.5 Å². The number of rotatable bonds is 9. The van der Waals surface area contributed by atoms with Gasteiger partial charge in [-0.3, -0.25) is 0 Å². The second kappa shape index (κ2) is 20.3. The topological polar surface area (TPSA) is 38.7 Å². The van der Waals surface area contributed by atoms with Crippen molar-refractivity contribution in [1.82, 2.24) is 15.0 Å².